The molecule has 0 saturated carbocycles. The van der Waals surface area contributed by atoms with Crippen molar-refractivity contribution in [3.05, 3.63) is 88.1 Å². The van der Waals surface area contributed by atoms with Crippen LogP contribution < -0.4 is 10.1 Å². The van der Waals surface area contributed by atoms with E-state index < -0.39 is 35.3 Å². The molecule has 2 N–H and O–H groups in total. The van der Waals surface area contributed by atoms with Gasteiger partial charge in [0.1, 0.15) is 22.5 Å². The summed E-state index contributed by atoms with van der Waals surface area (Å²) in [5.41, 5.74) is -0.0543. The van der Waals surface area contributed by atoms with Crippen LogP contribution in [0.5, 0.6) is 5.75 Å². The van der Waals surface area contributed by atoms with Crippen LogP contribution >= 0.6 is 24.0 Å². The van der Waals surface area contributed by atoms with Crippen molar-refractivity contribution in [1.82, 2.24) is 9.80 Å². The Morgan fingerprint density at radius 3 is 2.44 bits per heavy atom. The van der Waals surface area contributed by atoms with Crippen molar-refractivity contribution in [3.8, 4) is 16.9 Å². The van der Waals surface area contributed by atoms with Gasteiger partial charge in [-0.15, -0.1) is 0 Å². The first kappa shape index (κ1) is 35.0. The van der Waals surface area contributed by atoms with Crippen LogP contribution in [0, 0.1) is 5.82 Å². The third-order valence-corrected chi connectivity index (χ3v) is 8.90. The summed E-state index contributed by atoms with van der Waals surface area (Å²) in [4.78, 5) is 40.7. The molecular formula is C33H29F4N3O6S2. The molecule has 0 aliphatic carbocycles. The summed E-state index contributed by atoms with van der Waals surface area (Å²) in [6, 6.07) is 12.6. The smallest absolute Gasteiger partial charge is 0.416 e. The lowest BCUT2D eigenvalue weighted by Gasteiger charge is -2.26. The molecule has 48 heavy (non-hydrogen) atoms. The van der Waals surface area contributed by atoms with Crippen molar-refractivity contribution >= 4 is 57.8 Å². The summed E-state index contributed by atoms with van der Waals surface area (Å²) in [6.45, 7) is 3.60. The summed E-state index contributed by atoms with van der Waals surface area (Å²) < 4.78 is 66.0. The number of halogens is 4. The number of morpholine rings is 1. The molecule has 3 aromatic rings. The van der Waals surface area contributed by atoms with Gasteiger partial charge < -0.3 is 19.9 Å². The second kappa shape index (κ2) is 15.3. The number of benzene rings is 3. The van der Waals surface area contributed by atoms with Crippen molar-refractivity contribution < 1.29 is 46.5 Å². The minimum Gasteiger partial charge on any atom is -0.492 e. The number of nitrogens with one attached hydrogen (secondary N) is 1. The zero-order valence-electron chi connectivity index (χ0n) is 25.2. The normalized spacial score (nSPS) is 16.4. The van der Waals surface area contributed by atoms with Crippen LogP contribution in [-0.4, -0.2) is 83.0 Å². The number of anilines is 1. The van der Waals surface area contributed by atoms with E-state index in [1.54, 1.807) is 6.07 Å². The van der Waals surface area contributed by atoms with Crippen molar-refractivity contribution in [2.24, 2.45) is 0 Å². The van der Waals surface area contributed by atoms with Crippen LogP contribution in [-0.2, 0) is 20.5 Å². The number of rotatable bonds is 11. The topological polar surface area (TPSA) is 108 Å². The second-order valence-corrected chi connectivity index (χ2v) is 12.4. The summed E-state index contributed by atoms with van der Waals surface area (Å²) in [5.74, 6) is -2.66. The molecule has 2 amide bonds. The molecular weight excluding hydrogens is 675 g/mol. The van der Waals surface area contributed by atoms with Gasteiger partial charge in [-0.05, 0) is 60.2 Å². The van der Waals surface area contributed by atoms with Gasteiger partial charge in [0.15, 0.2) is 0 Å². The van der Waals surface area contributed by atoms with Gasteiger partial charge in [-0.1, -0.05) is 36.1 Å². The van der Waals surface area contributed by atoms with E-state index in [0.29, 0.717) is 49.4 Å². The lowest BCUT2D eigenvalue weighted by atomic mass is 10.00. The molecule has 2 aliphatic rings. The lowest BCUT2D eigenvalue weighted by Crippen LogP contribution is -2.38. The third-order valence-electron chi connectivity index (χ3n) is 7.52. The van der Waals surface area contributed by atoms with Crippen LogP contribution in [0.25, 0.3) is 17.2 Å². The van der Waals surface area contributed by atoms with Gasteiger partial charge in [0.05, 0.1) is 29.2 Å². The highest BCUT2D eigenvalue weighted by atomic mass is 32.2. The average molecular weight is 704 g/mol. The minimum absolute atomic E-state index is 0.0270. The standard InChI is InChI=1S/C33H29F4N3O6S2/c34-26-19-23(33(35,36)37)4-7-25(26)21-3-8-27(46-16-13-39-11-14-45-15-12-39)22(17-21)18-28-30(42)40(32(47)48-28)10-9-29(41)38-24-5-1-20(2-6-24)31(43)44/h1-8,17-19H,9-16H2,(H,38,41)(H,43,44)/b28-18-. The van der Waals surface area contributed by atoms with Gasteiger partial charge >= 0.3 is 12.1 Å². The maximum Gasteiger partial charge on any atom is 0.416 e. The monoisotopic (exact) mass is 703 g/mol. The molecule has 2 aliphatic heterocycles. The van der Waals surface area contributed by atoms with Gasteiger partial charge in [-0.25, -0.2) is 9.18 Å². The molecule has 5 rings (SSSR count). The minimum atomic E-state index is -4.70. The molecule has 0 spiro atoms. The molecule has 0 aromatic heterocycles. The Morgan fingerprint density at radius 1 is 1.04 bits per heavy atom. The van der Waals surface area contributed by atoms with Crippen LogP contribution in [0.1, 0.15) is 27.9 Å². The van der Waals surface area contributed by atoms with E-state index in [-0.39, 0.29) is 38.9 Å². The molecule has 2 fully saturated rings. The van der Waals surface area contributed by atoms with Crippen molar-refractivity contribution in [3.63, 3.8) is 0 Å². The van der Waals surface area contributed by atoms with Crippen LogP contribution in [0.3, 0.4) is 0 Å². The molecule has 0 atom stereocenters. The molecule has 15 heteroatoms. The van der Waals surface area contributed by atoms with E-state index in [1.165, 1.54) is 47.4 Å². The van der Waals surface area contributed by atoms with Crippen molar-refractivity contribution in [1.29, 1.82) is 0 Å². The number of thiocarbonyl (C=S) groups is 1. The van der Waals surface area contributed by atoms with Gasteiger partial charge in [0.2, 0.25) is 5.91 Å². The molecule has 2 heterocycles. The van der Waals surface area contributed by atoms with E-state index >= 15 is 0 Å². The highest BCUT2D eigenvalue weighted by Crippen LogP contribution is 2.37. The van der Waals surface area contributed by atoms with E-state index in [0.717, 1.165) is 37.0 Å². The Bertz CT molecular complexity index is 1740. The Balaban J connectivity index is 1.33. The Kier molecular flexibility index (Phi) is 11.1. The van der Waals surface area contributed by atoms with Crippen LogP contribution in [0.15, 0.2) is 65.6 Å². The van der Waals surface area contributed by atoms with Crippen molar-refractivity contribution in [2.75, 3.05) is 51.3 Å². The zero-order valence-corrected chi connectivity index (χ0v) is 26.9. The van der Waals surface area contributed by atoms with Gasteiger partial charge in [-0.2, -0.15) is 13.2 Å². The zero-order chi connectivity index (χ0) is 34.4. The number of carboxylic acid groups (broad SMARTS) is 1. The highest BCUT2D eigenvalue weighted by Gasteiger charge is 2.33. The fraction of sp³-hybridized carbons (Fsp3) is 0.273. The molecule has 2 saturated heterocycles. The second-order valence-electron chi connectivity index (χ2n) is 10.8. The number of carboxylic acids is 1. The first-order chi connectivity index (χ1) is 22.9. The summed E-state index contributed by atoms with van der Waals surface area (Å²) >= 11 is 6.43. The number of amides is 2. The number of nitrogens with zero attached hydrogens (tertiary/aromatic N) is 2. The highest BCUT2D eigenvalue weighted by molar-refractivity contribution is 8.26. The van der Waals surface area contributed by atoms with Crippen LogP contribution in [0.2, 0.25) is 0 Å². The first-order valence-corrected chi connectivity index (χ1v) is 15.9. The fourth-order valence-electron chi connectivity index (χ4n) is 4.96. The molecule has 252 valence electrons. The summed E-state index contributed by atoms with van der Waals surface area (Å²) in [5, 5.41) is 11.7. The Hall–Kier alpha value is -4.31. The predicted molar refractivity (Wildman–Crippen MR) is 176 cm³/mol. The molecule has 9 nitrogen and oxygen atoms in total. The van der Waals surface area contributed by atoms with Gasteiger partial charge in [0.25, 0.3) is 5.91 Å². The number of carbonyl (C=O) groups is 3. The maximum absolute atomic E-state index is 14.9. The molecule has 0 radical (unpaired) electrons. The van der Waals surface area contributed by atoms with Gasteiger partial charge in [-0.3, -0.25) is 19.4 Å². The SMILES string of the molecule is O=C(CCN1C(=O)/C(=C/c2cc(-c3ccc(C(F)(F)F)cc3F)ccc2OCCN2CCOCC2)SC1=S)Nc1ccc(C(=O)O)cc1. The lowest BCUT2D eigenvalue weighted by molar-refractivity contribution is -0.137. The maximum atomic E-state index is 14.9. The van der Waals surface area contributed by atoms with E-state index in [1.807, 2.05) is 0 Å². The van der Waals surface area contributed by atoms with E-state index in [2.05, 4.69) is 10.2 Å². The van der Waals surface area contributed by atoms with Gasteiger partial charge in [0, 0.05) is 49.4 Å². The third kappa shape index (κ3) is 8.78. The van der Waals surface area contributed by atoms with E-state index in [9.17, 15) is 31.9 Å². The molecule has 0 unspecified atom stereocenters. The fourth-order valence-corrected chi connectivity index (χ4v) is 6.26. The number of ether oxygens (including phenoxy) is 2. The van der Waals surface area contributed by atoms with E-state index in [4.69, 9.17) is 26.8 Å². The summed E-state index contributed by atoms with van der Waals surface area (Å²) in [6.07, 6.45) is -3.27. The Labute approximate surface area is 282 Å². The number of aromatic carboxylic acids is 1. The number of carbonyl (C=O) groups excluding carboxylic acids is 2. The van der Waals surface area contributed by atoms with Crippen LogP contribution in [0.4, 0.5) is 23.2 Å². The predicted octanol–water partition coefficient (Wildman–Crippen LogP) is 6.15. The number of hydrogen-bond donors (Lipinski definition) is 2. The number of thioether (sulfide) groups is 1. The number of hydrogen-bond acceptors (Lipinski definition) is 8. The largest absolute Gasteiger partial charge is 0.492 e. The average Bonchev–Trinajstić information content (AvgIpc) is 3.32. The molecule has 0 bridgehead atoms. The Morgan fingerprint density at radius 2 is 1.77 bits per heavy atom. The molecule has 3 aromatic carbocycles. The van der Waals surface area contributed by atoms with Crippen molar-refractivity contribution in [2.45, 2.75) is 12.6 Å². The first-order valence-electron chi connectivity index (χ1n) is 14.7. The summed E-state index contributed by atoms with van der Waals surface area (Å²) in [7, 11) is 0. The quantitative estimate of drug-likeness (QED) is 0.138. The number of alkyl halides is 3.